The molecule has 4 heteroatoms. The Morgan fingerprint density at radius 1 is 1.23 bits per heavy atom. The van der Waals surface area contributed by atoms with Crippen LogP contribution in [0.1, 0.15) is 31.4 Å². The van der Waals surface area contributed by atoms with Crippen LogP contribution in [0, 0.1) is 5.92 Å². The fourth-order valence-electron chi connectivity index (χ4n) is 3.65. The predicted molar refractivity (Wildman–Crippen MR) is 86.4 cm³/mol. The molecule has 2 aliphatic heterocycles. The molecule has 3 atom stereocenters. The van der Waals surface area contributed by atoms with Crippen molar-refractivity contribution in [2.45, 2.75) is 45.4 Å². The minimum absolute atomic E-state index is 0.0823. The standard InChI is InChI=1S/C18H26N2O2/c1-13(18(22)20-10-8-16(11-20)14(2)21)19-9-7-15-5-3-4-6-17(15)12-19/h3-6,13-14,16,21H,7-12H2,1-2H3. The maximum absolute atomic E-state index is 12.7. The zero-order valence-corrected chi connectivity index (χ0v) is 13.5. The van der Waals surface area contributed by atoms with Gasteiger partial charge in [0.1, 0.15) is 0 Å². The van der Waals surface area contributed by atoms with Crippen LogP contribution in [0.3, 0.4) is 0 Å². The molecule has 1 fully saturated rings. The van der Waals surface area contributed by atoms with E-state index in [-0.39, 0.29) is 24.0 Å². The van der Waals surface area contributed by atoms with Crippen LogP contribution in [-0.2, 0) is 17.8 Å². The zero-order valence-electron chi connectivity index (χ0n) is 13.5. The summed E-state index contributed by atoms with van der Waals surface area (Å²) in [4.78, 5) is 16.9. The summed E-state index contributed by atoms with van der Waals surface area (Å²) in [5.41, 5.74) is 2.76. The molecule has 0 aliphatic carbocycles. The largest absolute Gasteiger partial charge is 0.393 e. The molecule has 0 radical (unpaired) electrons. The first-order valence-electron chi connectivity index (χ1n) is 8.34. The van der Waals surface area contributed by atoms with E-state index in [2.05, 4.69) is 29.2 Å². The highest BCUT2D eigenvalue weighted by molar-refractivity contribution is 5.81. The van der Waals surface area contributed by atoms with Gasteiger partial charge in [0, 0.05) is 32.1 Å². The van der Waals surface area contributed by atoms with Gasteiger partial charge >= 0.3 is 0 Å². The first-order chi connectivity index (χ1) is 10.6. The predicted octanol–water partition coefficient (Wildman–Crippen LogP) is 1.66. The number of carbonyl (C=O) groups is 1. The third kappa shape index (κ3) is 3.03. The molecule has 22 heavy (non-hydrogen) atoms. The molecule has 120 valence electrons. The summed E-state index contributed by atoms with van der Waals surface area (Å²) < 4.78 is 0. The highest BCUT2D eigenvalue weighted by Gasteiger charge is 2.33. The van der Waals surface area contributed by atoms with Gasteiger partial charge in [0.2, 0.25) is 5.91 Å². The number of rotatable bonds is 3. The maximum atomic E-state index is 12.7. The molecule has 2 aliphatic rings. The van der Waals surface area contributed by atoms with Gasteiger partial charge in [0.25, 0.3) is 0 Å². The summed E-state index contributed by atoms with van der Waals surface area (Å²) in [6, 6.07) is 8.43. The van der Waals surface area contributed by atoms with E-state index in [1.165, 1.54) is 11.1 Å². The molecule has 0 aromatic heterocycles. The number of amides is 1. The van der Waals surface area contributed by atoms with Gasteiger partial charge in [-0.05, 0) is 37.8 Å². The minimum atomic E-state index is -0.324. The van der Waals surface area contributed by atoms with Gasteiger partial charge in [0.15, 0.2) is 0 Å². The van der Waals surface area contributed by atoms with Gasteiger partial charge in [-0.15, -0.1) is 0 Å². The molecule has 1 N–H and O–H groups in total. The number of hydrogen-bond acceptors (Lipinski definition) is 3. The molecule has 0 saturated carbocycles. The molecule has 2 heterocycles. The Morgan fingerprint density at radius 3 is 2.64 bits per heavy atom. The Morgan fingerprint density at radius 2 is 1.95 bits per heavy atom. The number of aliphatic hydroxyl groups is 1. The van der Waals surface area contributed by atoms with Crippen molar-refractivity contribution in [3.63, 3.8) is 0 Å². The smallest absolute Gasteiger partial charge is 0.239 e. The molecule has 1 aromatic rings. The van der Waals surface area contributed by atoms with E-state index in [1.807, 2.05) is 18.7 Å². The summed E-state index contributed by atoms with van der Waals surface area (Å²) in [7, 11) is 0. The average molecular weight is 302 g/mol. The number of carbonyl (C=O) groups excluding carboxylic acids is 1. The Labute approximate surface area is 132 Å². The Bertz CT molecular complexity index is 544. The molecular formula is C18H26N2O2. The molecule has 0 spiro atoms. The van der Waals surface area contributed by atoms with Crippen LogP contribution in [0.25, 0.3) is 0 Å². The van der Waals surface area contributed by atoms with Crippen molar-refractivity contribution < 1.29 is 9.90 Å². The van der Waals surface area contributed by atoms with Gasteiger partial charge in [-0.1, -0.05) is 24.3 Å². The van der Waals surface area contributed by atoms with Crippen LogP contribution < -0.4 is 0 Å². The second kappa shape index (κ2) is 6.39. The van der Waals surface area contributed by atoms with Crippen molar-refractivity contribution in [1.82, 2.24) is 9.80 Å². The van der Waals surface area contributed by atoms with Gasteiger partial charge in [-0.3, -0.25) is 9.69 Å². The molecular weight excluding hydrogens is 276 g/mol. The highest BCUT2D eigenvalue weighted by atomic mass is 16.3. The minimum Gasteiger partial charge on any atom is -0.393 e. The van der Waals surface area contributed by atoms with Gasteiger partial charge in [0.05, 0.1) is 12.1 Å². The van der Waals surface area contributed by atoms with E-state index in [1.54, 1.807) is 0 Å². The summed E-state index contributed by atoms with van der Waals surface area (Å²) in [5, 5.41) is 9.70. The van der Waals surface area contributed by atoms with E-state index >= 15 is 0 Å². The van der Waals surface area contributed by atoms with Crippen molar-refractivity contribution in [3.8, 4) is 0 Å². The number of likely N-dealkylation sites (tertiary alicyclic amines) is 1. The molecule has 3 unspecified atom stereocenters. The van der Waals surface area contributed by atoms with Gasteiger partial charge in [-0.2, -0.15) is 0 Å². The van der Waals surface area contributed by atoms with Crippen molar-refractivity contribution in [1.29, 1.82) is 0 Å². The Balaban J connectivity index is 1.63. The summed E-state index contributed by atoms with van der Waals surface area (Å²) in [5.74, 6) is 0.445. The first-order valence-corrected chi connectivity index (χ1v) is 8.34. The lowest BCUT2D eigenvalue weighted by atomic mass is 9.98. The van der Waals surface area contributed by atoms with E-state index < -0.39 is 0 Å². The second-order valence-electron chi connectivity index (χ2n) is 6.74. The normalized spacial score (nSPS) is 24.9. The lowest BCUT2D eigenvalue weighted by Crippen LogP contribution is -2.48. The zero-order chi connectivity index (χ0) is 15.7. The molecule has 0 bridgehead atoms. The fourth-order valence-corrected chi connectivity index (χ4v) is 3.65. The molecule has 1 aromatic carbocycles. The molecule has 4 nitrogen and oxygen atoms in total. The average Bonchev–Trinajstić information content (AvgIpc) is 3.03. The first kappa shape index (κ1) is 15.5. The number of fused-ring (bicyclic) bond motifs is 1. The van der Waals surface area contributed by atoms with Gasteiger partial charge in [-0.25, -0.2) is 0 Å². The van der Waals surface area contributed by atoms with Crippen LogP contribution in [0.2, 0.25) is 0 Å². The topological polar surface area (TPSA) is 43.8 Å². The maximum Gasteiger partial charge on any atom is 0.239 e. The van der Waals surface area contributed by atoms with Crippen LogP contribution in [-0.4, -0.2) is 52.6 Å². The van der Waals surface area contributed by atoms with Crippen molar-refractivity contribution in [2.75, 3.05) is 19.6 Å². The van der Waals surface area contributed by atoms with Crippen molar-refractivity contribution in [2.24, 2.45) is 5.92 Å². The summed E-state index contributed by atoms with van der Waals surface area (Å²) in [6.07, 6.45) is 1.61. The van der Waals surface area contributed by atoms with Crippen molar-refractivity contribution in [3.05, 3.63) is 35.4 Å². The van der Waals surface area contributed by atoms with Crippen LogP contribution in [0.4, 0.5) is 0 Å². The Hall–Kier alpha value is -1.39. The number of benzene rings is 1. The molecule has 1 saturated heterocycles. The van der Waals surface area contributed by atoms with Crippen LogP contribution >= 0.6 is 0 Å². The van der Waals surface area contributed by atoms with E-state index in [4.69, 9.17) is 0 Å². The SMILES string of the molecule is CC(O)C1CCN(C(=O)C(C)N2CCc3ccccc3C2)C1. The number of nitrogens with zero attached hydrogens (tertiary/aromatic N) is 2. The highest BCUT2D eigenvalue weighted by Crippen LogP contribution is 2.24. The quantitative estimate of drug-likeness (QED) is 0.923. The summed E-state index contributed by atoms with van der Waals surface area (Å²) in [6.45, 7) is 7.12. The fraction of sp³-hybridized carbons (Fsp3) is 0.611. The Kier molecular flexibility index (Phi) is 4.50. The lowest BCUT2D eigenvalue weighted by molar-refractivity contribution is -0.136. The molecule has 1 amide bonds. The monoisotopic (exact) mass is 302 g/mol. The summed E-state index contributed by atoms with van der Waals surface area (Å²) >= 11 is 0. The number of hydrogen-bond donors (Lipinski definition) is 1. The second-order valence-corrected chi connectivity index (χ2v) is 6.74. The third-order valence-electron chi connectivity index (χ3n) is 5.28. The van der Waals surface area contributed by atoms with Crippen LogP contribution in [0.15, 0.2) is 24.3 Å². The lowest BCUT2D eigenvalue weighted by Gasteiger charge is -2.34. The van der Waals surface area contributed by atoms with Gasteiger partial charge < -0.3 is 10.0 Å². The van der Waals surface area contributed by atoms with E-state index in [0.717, 1.165) is 32.5 Å². The molecule has 3 rings (SSSR count). The van der Waals surface area contributed by atoms with Crippen LogP contribution in [0.5, 0.6) is 0 Å². The van der Waals surface area contributed by atoms with E-state index in [9.17, 15) is 9.90 Å². The third-order valence-corrected chi connectivity index (χ3v) is 5.28. The number of aliphatic hydroxyl groups excluding tert-OH is 1. The van der Waals surface area contributed by atoms with Crippen molar-refractivity contribution >= 4 is 5.91 Å². The van der Waals surface area contributed by atoms with E-state index in [0.29, 0.717) is 6.54 Å².